The largest absolute Gasteiger partial charge is 0.375 e. The van der Waals surface area contributed by atoms with Crippen molar-refractivity contribution in [3.05, 3.63) is 43.0 Å². The third-order valence-electron chi connectivity index (χ3n) is 3.22. The Hall–Kier alpha value is -2.37. The first-order valence-electron chi connectivity index (χ1n) is 7.11. The van der Waals surface area contributed by atoms with E-state index in [0.29, 0.717) is 19.5 Å². The van der Waals surface area contributed by atoms with Gasteiger partial charge in [-0.25, -0.2) is 4.98 Å². The number of benzene rings is 1. The lowest BCUT2D eigenvalue weighted by atomic mass is 10.3. The molecule has 1 aromatic carbocycles. The molecule has 0 saturated carbocycles. The standard InChI is InChI=1S/C15H21N5O/c1-19(14-6-3-2-4-7-14)10-5-9-17-15(21)8-11-20-13-16-12-18-20/h2-4,6-7,12-13H,5,8-11H2,1H3,(H,17,21). The van der Waals surface area contributed by atoms with E-state index in [1.807, 2.05) is 18.2 Å². The number of carbonyl (C=O) groups excluding carboxylic acids is 1. The second-order valence-corrected chi connectivity index (χ2v) is 4.87. The molecule has 0 unspecified atom stereocenters. The van der Waals surface area contributed by atoms with E-state index in [2.05, 4.69) is 39.5 Å². The van der Waals surface area contributed by atoms with E-state index in [1.165, 1.54) is 12.0 Å². The first-order chi connectivity index (χ1) is 10.3. The van der Waals surface area contributed by atoms with Gasteiger partial charge in [-0.3, -0.25) is 9.48 Å². The molecular weight excluding hydrogens is 266 g/mol. The smallest absolute Gasteiger partial charge is 0.221 e. The highest BCUT2D eigenvalue weighted by Crippen LogP contribution is 2.10. The summed E-state index contributed by atoms with van der Waals surface area (Å²) < 4.78 is 1.66. The lowest BCUT2D eigenvalue weighted by molar-refractivity contribution is -0.121. The van der Waals surface area contributed by atoms with Crippen molar-refractivity contribution in [3.8, 4) is 0 Å². The minimum absolute atomic E-state index is 0.0489. The number of nitrogens with zero attached hydrogens (tertiary/aromatic N) is 4. The van der Waals surface area contributed by atoms with Gasteiger partial charge in [0.2, 0.25) is 5.91 Å². The molecule has 112 valence electrons. The number of rotatable bonds is 8. The quantitative estimate of drug-likeness (QED) is 0.744. The van der Waals surface area contributed by atoms with Crippen LogP contribution in [0.2, 0.25) is 0 Å². The maximum absolute atomic E-state index is 11.7. The summed E-state index contributed by atoms with van der Waals surface area (Å²) in [4.78, 5) is 17.7. The molecule has 1 heterocycles. The topological polar surface area (TPSA) is 63.1 Å². The Morgan fingerprint density at radius 1 is 1.33 bits per heavy atom. The summed E-state index contributed by atoms with van der Waals surface area (Å²) in [6.45, 7) is 2.16. The van der Waals surface area contributed by atoms with E-state index in [1.54, 1.807) is 11.0 Å². The number of aromatic nitrogens is 3. The zero-order valence-electron chi connectivity index (χ0n) is 12.3. The van der Waals surface area contributed by atoms with Gasteiger partial charge in [-0.15, -0.1) is 0 Å². The molecule has 6 nitrogen and oxygen atoms in total. The van der Waals surface area contributed by atoms with E-state index in [9.17, 15) is 4.79 Å². The third kappa shape index (κ3) is 5.25. The summed E-state index contributed by atoms with van der Waals surface area (Å²) >= 11 is 0. The van der Waals surface area contributed by atoms with E-state index < -0.39 is 0 Å². The van der Waals surface area contributed by atoms with Crippen molar-refractivity contribution in [1.29, 1.82) is 0 Å². The first-order valence-corrected chi connectivity index (χ1v) is 7.11. The Morgan fingerprint density at radius 2 is 2.14 bits per heavy atom. The van der Waals surface area contributed by atoms with Crippen LogP contribution in [0.5, 0.6) is 0 Å². The van der Waals surface area contributed by atoms with Crippen LogP contribution in [0.4, 0.5) is 5.69 Å². The van der Waals surface area contributed by atoms with Crippen LogP contribution in [-0.2, 0) is 11.3 Å². The Balaban J connectivity index is 1.58. The highest BCUT2D eigenvalue weighted by Gasteiger charge is 2.03. The lowest BCUT2D eigenvalue weighted by Gasteiger charge is -2.19. The second-order valence-electron chi connectivity index (χ2n) is 4.87. The predicted octanol–water partition coefficient (Wildman–Crippen LogP) is 1.31. The number of hydrogen-bond donors (Lipinski definition) is 1. The van der Waals surface area contributed by atoms with Gasteiger partial charge in [0.15, 0.2) is 0 Å². The van der Waals surface area contributed by atoms with Gasteiger partial charge in [-0.1, -0.05) is 18.2 Å². The summed E-state index contributed by atoms with van der Waals surface area (Å²) in [5.41, 5.74) is 1.19. The molecule has 0 aliphatic heterocycles. The minimum Gasteiger partial charge on any atom is -0.375 e. The maximum atomic E-state index is 11.7. The second kappa shape index (κ2) is 8.04. The molecule has 1 amide bonds. The van der Waals surface area contributed by atoms with Crippen LogP contribution in [-0.4, -0.2) is 40.8 Å². The Morgan fingerprint density at radius 3 is 2.86 bits per heavy atom. The number of nitrogens with one attached hydrogen (secondary N) is 1. The molecule has 0 aliphatic rings. The van der Waals surface area contributed by atoms with Crippen molar-refractivity contribution in [2.24, 2.45) is 0 Å². The molecule has 21 heavy (non-hydrogen) atoms. The van der Waals surface area contributed by atoms with Crippen LogP contribution in [0, 0.1) is 0 Å². The van der Waals surface area contributed by atoms with Gasteiger partial charge >= 0.3 is 0 Å². The van der Waals surface area contributed by atoms with Crippen LogP contribution >= 0.6 is 0 Å². The number of aryl methyl sites for hydroxylation is 1. The molecule has 0 aliphatic carbocycles. The van der Waals surface area contributed by atoms with Crippen molar-refractivity contribution in [3.63, 3.8) is 0 Å². The summed E-state index contributed by atoms with van der Waals surface area (Å²) in [5, 5.41) is 6.89. The zero-order chi connectivity index (χ0) is 14.9. The number of carbonyl (C=O) groups is 1. The van der Waals surface area contributed by atoms with Crippen LogP contribution < -0.4 is 10.2 Å². The summed E-state index contributed by atoms with van der Waals surface area (Å²) in [5.74, 6) is 0.0489. The van der Waals surface area contributed by atoms with E-state index in [4.69, 9.17) is 0 Å². The number of para-hydroxylation sites is 1. The van der Waals surface area contributed by atoms with E-state index >= 15 is 0 Å². The van der Waals surface area contributed by atoms with Crippen LogP contribution in [0.25, 0.3) is 0 Å². The van der Waals surface area contributed by atoms with Gasteiger partial charge in [0.1, 0.15) is 12.7 Å². The summed E-state index contributed by atoms with van der Waals surface area (Å²) in [6.07, 6.45) is 4.43. The normalized spacial score (nSPS) is 10.3. The average Bonchev–Trinajstić information content (AvgIpc) is 3.03. The van der Waals surface area contributed by atoms with Crippen molar-refractivity contribution >= 4 is 11.6 Å². The number of amides is 1. The summed E-state index contributed by atoms with van der Waals surface area (Å²) in [6, 6.07) is 10.2. The van der Waals surface area contributed by atoms with Gasteiger partial charge < -0.3 is 10.2 Å². The maximum Gasteiger partial charge on any atom is 0.221 e. The Bertz CT molecular complexity index is 526. The molecule has 0 atom stereocenters. The number of anilines is 1. The van der Waals surface area contributed by atoms with Gasteiger partial charge in [0.05, 0.1) is 6.54 Å². The van der Waals surface area contributed by atoms with Gasteiger partial charge in [-0.05, 0) is 18.6 Å². The van der Waals surface area contributed by atoms with Crippen LogP contribution in [0.15, 0.2) is 43.0 Å². The summed E-state index contributed by atoms with van der Waals surface area (Å²) in [7, 11) is 2.06. The molecular formula is C15H21N5O. The average molecular weight is 287 g/mol. The molecule has 2 aromatic rings. The highest BCUT2D eigenvalue weighted by atomic mass is 16.1. The minimum atomic E-state index is 0.0489. The SMILES string of the molecule is CN(CCCNC(=O)CCn1cncn1)c1ccccc1. The fourth-order valence-corrected chi connectivity index (χ4v) is 2.01. The van der Waals surface area contributed by atoms with Crippen molar-refractivity contribution < 1.29 is 4.79 Å². The lowest BCUT2D eigenvalue weighted by Crippen LogP contribution is -2.28. The molecule has 0 bridgehead atoms. The van der Waals surface area contributed by atoms with Crippen molar-refractivity contribution in [2.75, 3.05) is 25.0 Å². The molecule has 6 heteroatoms. The Labute approximate surface area is 124 Å². The molecule has 1 aromatic heterocycles. The van der Waals surface area contributed by atoms with Gasteiger partial charge in [0.25, 0.3) is 0 Å². The molecule has 2 rings (SSSR count). The van der Waals surface area contributed by atoms with Gasteiger partial charge in [-0.2, -0.15) is 5.10 Å². The fourth-order valence-electron chi connectivity index (χ4n) is 2.01. The molecule has 0 spiro atoms. The van der Waals surface area contributed by atoms with Crippen LogP contribution in [0.1, 0.15) is 12.8 Å². The molecule has 0 fully saturated rings. The predicted molar refractivity (Wildman–Crippen MR) is 82.0 cm³/mol. The van der Waals surface area contributed by atoms with E-state index in [-0.39, 0.29) is 5.91 Å². The van der Waals surface area contributed by atoms with Gasteiger partial charge in [0, 0.05) is 32.2 Å². The fraction of sp³-hybridized carbons (Fsp3) is 0.400. The van der Waals surface area contributed by atoms with E-state index in [0.717, 1.165) is 13.0 Å². The van der Waals surface area contributed by atoms with Crippen molar-refractivity contribution in [1.82, 2.24) is 20.1 Å². The molecule has 0 saturated heterocycles. The number of hydrogen-bond acceptors (Lipinski definition) is 4. The molecule has 1 N–H and O–H groups in total. The third-order valence-corrected chi connectivity index (χ3v) is 3.22. The molecule has 0 radical (unpaired) electrons. The first kappa shape index (κ1) is 15.0. The zero-order valence-corrected chi connectivity index (χ0v) is 12.3. The van der Waals surface area contributed by atoms with Crippen LogP contribution in [0.3, 0.4) is 0 Å². The highest BCUT2D eigenvalue weighted by molar-refractivity contribution is 5.75. The monoisotopic (exact) mass is 287 g/mol. The Kier molecular flexibility index (Phi) is 5.75. The van der Waals surface area contributed by atoms with Crippen molar-refractivity contribution in [2.45, 2.75) is 19.4 Å².